The number of fused-ring (bicyclic) bond motifs is 1. The van der Waals surface area contributed by atoms with Crippen LogP contribution in [-0.4, -0.2) is 79.1 Å². The Morgan fingerprint density at radius 2 is 1.37 bits per heavy atom. The SMILES string of the molecule is CCCCCCCCCCCC(CCCCCCCCCCC(=O)O)(C(=O)O)C(=O)NCCOCCN1NNC2=C1CC[C@H]1[C@@H](CC2)[C@H]1COC(=O)NC. The van der Waals surface area contributed by atoms with Crippen molar-refractivity contribution in [3.05, 3.63) is 11.4 Å². The van der Waals surface area contributed by atoms with E-state index in [2.05, 4.69) is 33.5 Å². The molecule has 1 heterocycles. The Morgan fingerprint density at radius 3 is 1.94 bits per heavy atom. The molecule has 1 unspecified atom stereocenters. The number of allylic oxidation sites excluding steroid dienone is 2. The largest absolute Gasteiger partial charge is 0.481 e. The standard InChI is InChI=1S/C41H73N5O8/c1-3-4-5-6-7-9-12-15-18-25-41(39(50)51,26-19-16-13-10-8-11-14-17-20-37(47)48)38(49)43-27-29-53-30-28-46-36-24-22-33-32(21-23-35(36)44-45-46)34(33)31-54-40(52)42-2/h32-34,44-45H,3-31H2,1-2H3,(H,42,52)(H,43,49)(H,47,48)(H,50,51)/t32-,33+,34-,41?/m1/s1. The molecule has 2 amide bonds. The molecule has 0 aromatic carbocycles. The molecule has 54 heavy (non-hydrogen) atoms. The first-order valence-corrected chi connectivity index (χ1v) is 21.4. The van der Waals surface area contributed by atoms with Gasteiger partial charge in [0.05, 0.1) is 32.1 Å². The van der Waals surface area contributed by atoms with Crippen LogP contribution in [0.2, 0.25) is 0 Å². The fourth-order valence-electron chi connectivity index (χ4n) is 8.44. The van der Waals surface area contributed by atoms with Gasteiger partial charge in [-0.15, -0.1) is 5.53 Å². The summed E-state index contributed by atoms with van der Waals surface area (Å²) in [5.74, 6) is -0.558. The summed E-state index contributed by atoms with van der Waals surface area (Å²) in [5, 5.41) is 26.8. The van der Waals surface area contributed by atoms with Gasteiger partial charge in [-0.05, 0) is 62.7 Å². The molecular weight excluding hydrogens is 690 g/mol. The zero-order valence-corrected chi connectivity index (χ0v) is 33.5. The lowest BCUT2D eigenvalue weighted by Gasteiger charge is -2.28. The predicted molar refractivity (Wildman–Crippen MR) is 209 cm³/mol. The molecule has 3 rings (SSSR count). The molecule has 0 aromatic rings. The first kappa shape index (κ1) is 45.3. The second-order valence-corrected chi connectivity index (χ2v) is 15.8. The molecule has 13 nitrogen and oxygen atoms in total. The molecular formula is C41H73N5O8. The minimum absolute atomic E-state index is 0.222. The van der Waals surface area contributed by atoms with Gasteiger partial charge in [-0.25, -0.2) is 4.79 Å². The number of carboxylic acids is 2. The van der Waals surface area contributed by atoms with Gasteiger partial charge in [-0.3, -0.25) is 19.4 Å². The fraction of sp³-hybridized carbons (Fsp3) is 0.854. The summed E-state index contributed by atoms with van der Waals surface area (Å²) < 4.78 is 11.3. The summed E-state index contributed by atoms with van der Waals surface area (Å²) in [6, 6.07) is 0. The molecule has 310 valence electrons. The van der Waals surface area contributed by atoms with Gasteiger partial charge < -0.3 is 35.7 Å². The number of nitrogens with one attached hydrogen (secondary N) is 4. The highest BCUT2D eigenvalue weighted by atomic mass is 16.5. The summed E-state index contributed by atoms with van der Waals surface area (Å²) in [4.78, 5) is 48.7. The maximum Gasteiger partial charge on any atom is 0.406 e. The number of alkyl carbamates (subject to hydrolysis) is 1. The van der Waals surface area contributed by atoms with E-state index in [-0.39, 0.29) is 19.1 Å². The monoisotopic (exact) mass is 764 g/mol. The van der Waals surface area contributed by atoms with Crippen LogP contribution in [0.5, 0.6) is 0 Å². The maximum atomic E-state index is 13.6. The Balaban J connectivity index is 1.39. The van der Waals surface area contributed by atoms with Crippen molar-refractivity contribution in [1.29, 1.82) is 0 Å². The number of nitrogens with zero attached hydrogens (tertiary/aromatic N) is 1. The number of hydrazine groups is 2. The first-order chi connectivity index (χ1) is 26.2. The fourth-order valence-corrected chi connectivity index (χ4v) is 8.44. The third-order valence-electron chi connectivity index (χ3n) is 11.9. The molecule has 4 atom stereocenters. The number of aliphatic carboxylic acids is 2. The maximum absolute atomic E-state index is 13.6. The van der Waals surface area contributed by atoms with Gasteiger partial charge in [0.1, 0.15) is 5.41 Å². The number of hydrogen-bond donors (Lipinski definition) is 6. The molecule has 13 heteroatoms. The van der Waals surface area contributed by atoms with Crippen LogP contribution >= 0.6 is 0 Å². The minimum Gasteiger partial charge on any atom is -0.481 e. The number of carbonyl (C=O) groups excluding carboxylic acids is 2. The van der Waals surface area contributed by atoms with E-state index in [9.17, 15) is 24.3 Å². The van der Waals surface area contributed by atoms with Crippen molar-refractivity contribution >= 4 is 23.9 Å². The molecule has 0 radical (unpaired) electrons. The van der Waals surface area contributed by atoms with Gasteiger partial charge in [0.15, 0.2) is 0 Å². The normalized spacial score (nSPS) is 20.2. The summed E-state index contributed by atoms with van der Waals surface area (Å²) in [7, 11) is 1.58. The highest BCUT2D eigenvalue weighted by molar-refractivity contribution is 6.01. The number of ether oxygens (including phenoxy) is 2. The van der Waals surface area contributed by atoms with Crippen molar-refractivity contribution in [3.63, 3.8) is 0 Å². The Kier molecular flexibility index (Phi) is 21.8. The highest BCUT2D eigenvalue weighted by Gasteiger charge is 2.50. The van der Waals surface area contributed by atoms with Crippen molar-refractivity contribution in [3.8, 4) is 0 Å². The van der Waals surface area contributed by atoms with E-state index in [1.807, 2.05) is 0 Å². The third-order valence-corrected chi connectivity index (χ3v) is 11.9. The van der Waals surface area contributed by atoms with E-state index in [0.29, 0.717) is 69.8 Å². The van der Waals surface area contributed by atoms with Gasteiger partial charge in [0.25, 0.3) is 0 Å². The number of carbonyl (C=O) groups is 4. The lowest BCUT2D eigenvalue weighted by molar-refractivity contribution is -0.157. The number of unbranched alkanes of at least 4 members (excludes halogenated alkanes) is 15. The molecule has 6 N–H and O–H groups in total. The average Bonchev–Trinajstić information content (AvgIpc) is 3.66. The highest BCUT2D eigenvalue weighted by Crippen LogP contribution is 2.54. The lowest BCUT2D eigenvalue weighted by Crippen LogP contribution is -2.47. The van der Waals surface area contributed by atoms with Crippen LogP contribution in [0.15, 0.2) is 11.4 Å². The van der Waals surface area contributed by atoms with Crippen molar-refractivity contribution < 1.29 is 38.9 Å². The van der Waals surface area contributed by atoms with Crippen molar-refractivity contribution in [1.82, 2.24) is 26.6 Å². The Labute approximate surface area is 324 Å². The summed E-state index contributed by atoms with van der Waals surface area (Å²) in [6.07, 6.45) is 22.0. The number of amides is 2. The van der Waals surface area contributed by atoms with Crippen molar-refractivity contribution in [2.75, 3.05) is 40.0 Å². The number of carboxylic acid groups (broad SMARTS) is 2. The molecule has 0 spiro atoms. The third kappa shape index (κ3) is 16.0. The van der Waals surface area contributed by atoms with E-state index in [4.69, 9.17) is 14.6 Å². The van der Waals surface area contributed by atoms with Gasteiger partial charge in [0.2, 0.25) is 5.91 Å². The Bertz CT molecular complexity index is 1170. The summed E-state index contributed by atoms with van der Waals surface area (Å²) >= 11 is 0. The van der Waals surface area contributed by atoms with E-state index >= 15 is 0 Å². The van der Waals surface area contributed by atoms with Gasteiger partial charge in [-0.1, -0.05) is 110 Å². The quantitative estimate of drug-likeness (QED) is 0.0306. The molecule has 1 aliphatic heterocycles. The van der Waals surface area contributed by atoms with Crippen molar-refractivity contribution in [2.24, 2.45) is 23.2 Å². The van der Waals surface area contributed by atoms with Crippen LogP contribution in [0.1, 0.15) is 161 Å². The average molecular weight is 764 g/mol. The number of rotatable bonds is 31. The zero-order chi connectivity index (χ0) is 39.0. The van der Waals surface area contributed by atoms with Crippen LogP contribution in [0.4, 0.5) is 4.79 Å². The smallest absolute Gasteiger partial charge is 0.406 e. The minimum atomic E-state index is -1.43. The van der Waals surface area contributed by atoms with E-state index in [0.717, 1.165) is 89.9 Å². The molecule has 3 aliphatic rings. The van der Waals surface area contributed by atoms with Crippen LogP contribution in [-0.2, 0) is 23.9 Å². The zero-order valence-electron chi connectivity index (χ0n) is 33.5. The molecule has 0 bridgehead atoms. The van der Waals surface area contributed by atoms with Crippen molar-refractivity contribution in [2.45, 2.75) is 161 Å². The number of hydrogen-bond acceptors (Lipinski definition) is 9. The Hall–Kier alpha value is -3.06. The van der Waals surface area contributed by atoms with Crippen LogP contribution in [0.25, 0.3) is 0 Å². The Morgan fingerprint density at radius 1 is 0.796 bits per heavy atom. The molecule has 0 aromatic heterocycles. The summed E-state index contributed by atoms with van der Waals surface area (Å²) in [5.41, 5.74) is 7.64. The predicted octanol–water partition coefficient (Wildman–Crippen LogP) is 7.43. The second kappa shape index (κ2) is 25.9. The van der Waals surface area contributed by atoms with Crippen LogP contribution in [0.3, 0.4) is 0 Å². The molecule has 1 saturated carbocycles. The van der Waals surface area contributed by atoms with E-state index in [1.165, 1.54) is 43.5 Å². The van der Waals surface area contributed by atoms with E-state index < -0.39 is 23.3 Å². The molecule has 2 aliphatic carbocycles. The van der Waals surface area contributed by atoms with E-state index in [1.54, 1.807) is 7.05 Å². The van der Waals surface area contributed by atoms with Crippen LogP contribution in [0, 0.1) is 23.2 Å². The summed E-state index contributed by atoms with van der Waals surface area (Å²) in [6.45, 7) is 4.35. The first-order valence-electron chi connectivity index (χ1n) is 21.4. The second-order valence-electron chi connectivity index (χ2n) is 15.8. The molecule has 0 saturated heterocycles. The molecule has 1 fully saturated rings. The topological polar surface area (TPSA) is 179 Å². The van der Waals surface area contributed by atoms with Crippen LogP contribution < -0.4 is 21.6 Å². The van der Waals surface area contributed by atoms with Gasteiger partial charge in [-0.2, -0.15) is 0 Å². The van der Waals surface area contributed by atoms with Gasteiger partial charge in [0, 0.05) is 25.7 Å². The van der Waals surface area contributed by atoms with Gasteiger partial charge >= 0.3 is 18.0 Å². The lowest BCUT2D eigenvalue weighted by atomic mass is 9.76.